The van der Waals surface area contributed by atoms with Gasteiger partial charge in [0.1, 0.15) is 12.3 Å². The Morgan fingerprint density at radius 3 is 2.55 bits per heavy atom. The van der Waals surface area contributed by atoms with Crippen LogP contribution in [0.3, 0.4) is 0 Å². The Kier molecular flexibility index (Phi) is 9.13. The first-order chi connectivity index (χ1) is 10.8. The Bertz CT molecular complexity index is 594. The van der Waals surface area contributed by atoms with Gasteiger partial charge in [0, 0.05) is 11.6 Å². The van der Waals surface area contributed by atoms with Crippen molar-refractivity contribution in [3.05, 3.63) is 52.9 Å². The highest BCUT2D eigenvalue weighted by Gasteiger charge is 2.00. The third-order valence-electron chi connectivity index (χ3n) is 2.87. The summed E-state index contributed by atoms with van der Waals surface area (Å²) in [6.45, 7) is 6.50. The van der Waals surface area contributed by atoms with Gasteiger partial charge in [0.15, 0.2) is 0 Å². The van der Waals surface area contributed by atoms with E-state index in [1.165, 1.54) is 18.4 Å². The summed E-state index contributed by atoms with van der Waals surface area (Å²) in [5.74, 6) is 6.53. The topological polar surface area (TPSA) is 35.3 Å². The molecule has 0 aliphatic carbocycles. The van der Waals surface area contributed by atoms with Crippen LogP contribution >= 0.6 is 12.9 Å². The van der Waals surface area contributed by atoms with Crippen molar-refractivity contribution in [3.8, 4) is 11.8 Å². The van der Waals surface area contributed by atoms with Gasteiger partial charge in [-0.2, -0.15) is 0 Å². The molecule has 0 spiro atoms. The minimum absolute atomic E-state index is 0.306. The van der Waals surface area contributed by atoms with Crippen molar-refractivity contribution in [2.75, 3.05) is 0 Å². The van der Waals surface area contributed by atoms with Crippen LogP contribution in [0.1, 0.15) is 56.2 Å². The molecule has 118 valence electrons. The SMILES string of the molecule is CC.CCCCc1ccc(C#Cc2cc(COS)no2)cc1. The first-order valence-corrected chi connectivity index (χ1v) is 8.01. The van der Waals surface area contributed by atoms with Crippen LogP contribution in [0.4, 0.5) is 0 Å². The molecule has 0 amide bonds. The van der Waals surface area contributed by atoms with Crippen LogP contribution in [0.2, 0.25) is 0 Å². The minimum Gasteiger partial charge on any atom is -0.347 e. The van der Waals surface area contributed by atoms with Gasteiger partial charge in [0.05, 0.1) is 0 Å². The van der Waals surface area contributed by atoms with Crippen molar-refractivity contribution in [2.45, 2.75) is 46.6 Å². The van der Waals surface area contributed by atoms with E-state index < -0.39 is 0 Å². The third-order valence-corrected chi connectivity index (χ3v) is 3.00. The number of hydrogen-bond donors (Lipinski definition) is 1. The predicted molar refractivity (Wildman–Crippen MR) is 92.7 cm³/mol. The number of aryl methyl sites for hydroxylation is 1. The van der Waals surface area contributed by atoms with Gasteiger partial charge in [-0.15, -0.1) is 0 Å². The number of hydrogen-bond acceptors (Lipinski definition) is 4. The number of nitrogens with zero attached hydrogens (tertiary/aromatic N) is 1. The van der Waals surface area contributed by atoms with E-state index in [0.717, 1.165) is 12.0 Å². The fourth-order valence-electron chi connectivity index (χ4n) is 1.77. The maximum absolute atomic E-state index is 5.08. The lowest BCUT2D eigenvalue weighted by atomic mass is 10.1. The normalized spacial score (nSPS) is 9.45. The zero-order valence-corrected chi connectivity index (χ0v) is 14.3. The molecule has 3 nitrogen and oxygen atoms in total. The van der Waals surface area contributed by atoms with E-state index in [1.807, 2.05) is 26.0 Å². The minimum atomic E-state index is 0.306. The molecule has 0 aliphatic rings. The maximum Gasteiger partial charge on any atom is 0.210 e. The van der Waals surface area contributed by atoms with Gasteiger partial charge in [0.2, 0.25) is 5.76 Å². The molecule has 1 heterocycles. The molecule has 1 aromatic carbocycles. The smallest absolute Gasteiger partial charge is 0.210 e. The van der Waals surface area contributed by atoms with E-state index >= 15 is 0 Å². The molecule has 2 rings (SSSR count). The molecular formula is C18H23NO2S. The fraction of sp³-hybridized carbons (Fsp3) is 0.389. The molecular weight excluding hydrogens is 294 g/mol. The highest BCUT2D eigenvalue weighted by molar-refractivity contribution is 7.75. The molecule has 0 fully saturated rings. The molecule has 0 unspecified atom stereocenters. The van der Waals surface area contributed by atoms with Crippen LogP contribution < -0.4 is 0 Å². The van der Waals surface area contributed by atoms with E-state index in [0.29, 0.717) is 18.1 Å². The van der Waals surface area contributed by atoms with Gasteiger partial charge in [-0.05, 0) is 49.4 Å². The number of rotatable bonds is 5. The van der Waals surface area contributed by atoms with Gasteiger partial charge < -0.3 is 8.71 Å². The molecule has 2 aromatic rings. The summed E-state index contributed by atoms with van der Waals surface area (Å²) < 4.78 is 9.75. The number of thiol groups is 1. The average molecular weight is 317 g/mol. The van der Waals surface area contributed by atoms with Gasteiger partial charge in [-0.1, -0.05) is 50.4 Å². The second kappa shape index (κ2) is 10.9. The van der Waals surface area contributed by atoms with Crippen LogP contribution in [-0.2, 0) is 17.2 Å². The molecule has 0 radical (unpaired) electrons. The van der Waals surface area contributed by atoms with Crippen molar-refractivity contribution in [3.63, 3.8) is 0 Å². The second-order valence-corrected chi connectivity index (χ2v) is 4.76. The standard InChI is InChI=1S/C16H17NO2S.C2H6/c1-2-3-4-13-5-7-14(8-6-13)9-10-16-11-15(12-18-20)17-19-16;1-2/h5-8,11,20H,2-4,12H2,1H3;1-2H3. The van der Waals surface area contributed by atoms with Crippen molar-refractivity contribution < 1.29 is 8.71 Å². The van der Waals surface area contributed by atoms with Crippen LogP contribution in [-0.4, -0.2) is 5.16 Å². The Hall–Kier alpha value is -1.70. The first-order valence-electron chi connectivity index (χ1n) is 7.64. The lowest BCUT2D eigenvalue weighted by Crippen LogP contribution is -1.84. The quantitative estimate of drug-likeness (QED) is 0.488. The molecule has 0 bridgehead atoms. The molecule has 0 saturated carbocycles. The lowest BCUT2D eigenvalue weighted by Gasteiger charge is -1.98. The van der Waals surface area contributed by atoms with Crippen molar-refractivity contribution in [1.82, 2.24) is 5.16 Å². The summed E-state index contributed by atoms with van der Waals surface area (Å²) in [5, 5.41) is 3.81. The summed E-state index contributed by atoms with van der Waals surface area (Å²) in [6, 6.07) is 10.1. The second-order valence-electron chi connectivity index (χ2n) is 4.51. The summed E-state index contributed by atoms with van der Waals surface area (Å²) in [7, 11) is 0. The number of benzene rings is 1. The summed E-state index contributed by atoms with van der Waals surface area (Å²) in [4.78, 5) is 0. The number of aromatic nitrogens is 1. The third kappa shape index (κ3) is 6.38. The Morgan fingerprint density at radius 2 is 1.91 bits per heavy atom. The molecule has 0 N–H and O–H groups in total. The number of unbranched alkanes of at least 4 members (excludes halogenated alkanes) is 1. The average Bonchev–Trinajstić information content (AvgIpc) is 3.02. The zero-order valence-electron chi connectivity index (χ0n) is 13.4. The highest BCUT2D eigenvalue weighted by atomic mass is 32.1. The van der Waals surface area contributed by atoms with E-state index in [-0.39, 0.29) is 0 Å². The zero-order chi connectivity index (χ0) is 16.2. The molecule has 0 atom stereocenters. The summed E-state index contributed by atoms with van der Waals surface area (Å²) in [6.07, 6.45) is 3.56. The first kappa shape index (κ1) is 18.3. The highest BCUT2D eigenvalue weighted by Crippen LogP contribution is 2.08. The van der Waals surface area contributed by atoms with Gasteiger partial charge in [0.25, 0.3) is 0 Å². The predicted octanol–water partition coefficient (Wildman–Crippen LogP) is 4.80. The molecule has 22 heavy (non-hydrogen) atoms. The van der Waals surface area contributed by atoms with Crippen molar-refractivity contribution in [1.29, 1.82) is 0 Å². The van der Waals surface area contributed by atoms with Crippen LogP contribution in [0.5, 0.6) is 0 Å². The Labute approximate surface area is 138 Å². The largest absolute Gasteiger partial charge is 0.347 e. The van der Waals surface area contributed by atoms with Crippen molar-refractivity contribution in [2.24, 2.45) is 0 Å². The van der Waals surface area contributed by atoms with Crippen LogP contribution in [0.25, 0.3) is 0 Å². The van der Waals surface area contributed by atoms with Gasteiger partial charge >= 0.3 is 0 Å². The Morgan fingerprint density at radius 1 is 1.18 bits per heavy atom. The maximum atomic E-state index is 5.08. The van der Waals surface area contributed by atoms with Crippen molar-refractivity contribution >= 4 is 12.9 Å². The molecule has 1 aromatic heterocycles. The van der Waals surface area contributed by atoms with Crippen LogP contribution in [0, 0.1) is 11.8 Å². The van der Waals surface area contributed by atoms with E-state index in [2.05, 4.69) is 53.1 Å². The van der Waals surface area contributed by atoms with Gasteiger partial charge in [-0.3, -0.25) is 0 Å². The van der Waals surface area contributed by atoms with E-state index in [4.69, 9.17) is 4.52 Å². The molecule has 4 heteroatoms. The van der Waals surface area contributed by atoms with E-state index in [9.17, 15) is 0 Å². The fourth-order valence-corrected chi connectivity index (χ4v) is 1.91. The van der Waals surface area contributed by atoms with Gasteiger partial charge in [-0.25, -0.2) is 0 Å². The monoisotopic (exact) mass is 317 g/mol. The Balaban J connectivity index is 0.00000116. The van der Waals surface area contributed by atoms with Crippen LogP contribution in [0.15, 0.2) is 34.9 Å². The lowest BCUT2D eigenvalue weighted by molar-refractivity contribution is 0.338. The molecule has 0 saturated heterocycles. The summed E-state index contributed by atoms with van der Waals surface area (Å²) in [5.41, 5.74) is 3.00. The summed E-state index contributed by atoms with van der Waals surface area (Å²) >= 11 is 3.67. The van der Waals surface area contributed by atoms with E-state index in [1.54, 1.807) is 6.07 Å². The molecule has 0 aliphatic heterocycles.